The lowest BCUT2D eigenvalue weighted by Gasteiger charge is -2.19. The molecule has 0 amide bonds. The number of hydrogen-bond acceptors (Lipinski definition) is 2. The van der Waals surface area contributed by atoms with Gasteiger partial charge in [-0.2, -0.15) is 0 Å². The predicted molar refractivity (Wildman–Crippen MR) is 72.3 cm³/mol. The lowest BCUT2D eigenvalue weighted by molar-refractivity contribution is -0.141. The lowest BCUT2D eigenvalue weighted by atomic mass is 10.1. The summed E-state index contributed by atoms with van der Waals surface area (Å²) in [5.41, 5.74) is 1.21. The van der Waals surface area contributed by atoms with Crippen LogP contribution >= 0.6 is 22.6 Å². The molecule has 1 atom stereocenters. The summed E-state index contributed by atoms with van der Waals surface area (Å²) in [5, 5.41) is 8.81. The molecule has 1 aromatic carbocycles. The SMILES string of the molecule is CC(CN(C)Cc1cccc(I)c1)C(=O)O. The van der Waals surface area contributed by atoms with Crippen molar-refractivity contribution in [3.8, 4) is 0 Å². The first-order chi connectivity index (χ1) is 7.49. The highest BCUT2D eigenvalue weighted by Crippen LogP contribution is 2.10. The summed E-state index contributed by atoms with van der Waals surface area (Å²) in [4.78, 5) is 12.7. The second kappa shape index (κ2) is 6.20. The molecule has 1 N–H and O–H groups in total. The van der Waals surface area contributed by atoms with E-state index in [1.807, 2.05) is 24.1 Å². The monoisotopic (exact) mass is 333 g/mol. The molecular formula is C12H16INO2. The maximum Gasteiger partial charge on any atom is 0.307 e. The molecule has 0 radical (unpaired) electrons. The van der Waals surface area contributed by atoms with Crippen LogP contribution in [0.25, 0.3) is 0 Å². The number of carboxylic acids is 1. The summed E-state index contributed by atoms with van der Waals surface area (Å²) < 4.78 is 1.20. The fraction of sp³-hybridized carbons (Fsp3) is 0.417. The zero-order valence-corrected chi connectivity index (χ0v) is 11.6. The van der Waals surface area contributed by atoms with Crippen LogP contribution < -0.4 is 0 Å². The molecule has 0 aliphatic heterocycles. The largest absolute Gasteiger partial charge is 0.481 e. The normalized spacial score (nSPS) is 12.8. The molecule has 1 rings (SSSR count). The lowest BCUT2D eigenvalue weighted by Crippen LogP contribution is -2.28. The Morgan fingerprint density at radius 1 is 1.56 bits per heavy atom. The van der Waals surface area contributed by atoms with E-state index in [1.165, 1.54) is 9.13 Å². The second-order valence-corrected chi connectivity index (χ2v) is 5.31. The fourth-order valence-corrected chi connectivity index (χ4v) is 2.16. The molecule has 0 heterocycles. The van der Waals surface area contributed by atoms with Crippen LogP contribution in [-0.2, 0) is 11.3 Å². The van der Waals surface area contributed by atoms with Gasteiger partial charge in [-0.25, -0.2) is 0 Å². The first-order valence-corrected chi connectivity index (χ1v) is 6.22. The topological polar surface area (TPSA) is 40.5 Å². The minimum absolute atomic E-state index is 0.326. The third kappa shape index (κ3) is 4.49. The van der Waals surface area contributed by atoms with Gasteiger partial charge in [0.25, 0.3) is 0 Å². The van der Waals surface area contributed by atoms with Gasteiger partial charge in [0.15, 0.2) is 0 Å². The molecule has 0 bridgehead atoms. The third-order valence-electron chi connectivity index (χ3n) is 2.35. The van der Waals surface area contributed by atoms with E-state index in [4.69, 9.17) is 5.11 Å². The Hall–Kier alpha value is -0.620. The Kier molecular flexibility index (Phi) is 5.21. The van der Waals surface area contributed by atoms with Crippen LogP contribution in [0.5, 0.6) is 0 Å². The zero-order valence-electron chi connectivity index (χ0n) is 9.48. The average Bonchev–Trinajstić information content (AvgIpc) is 2.16. The van der Waals surface area contributed by atoms with Crippen LogP contribution in [0.4, 0.5) is 0 Å². The molecule has 0 spiro atoms. The van der Waals surface area contributed by atoms with Crippen LogP contribution in [0.3, 0.4) is 0 Å². The van der Waals surface area contributed by atoms with Gasteiger partial charge in [0.1, 0.15) is 0 Å². The molecule has 16 heavy (non-hydrogen) atoms. The number of carboxylic acid groups (broad SMARTS) is 1. The van der Waals surface area contributed by atoms with Gasteiger partial charge in [-0.05, 0) is 47.3 Å². The molecule has 0 aliphatic carbocycles. The maximum atomic E-state index is 10.7. The van der Waals surface area contributed by atoms with E-state index in [-0.39, 0.29) is 5.92 Å². The summed E-state index contributed by atoms with van der Waals surface area (Å²) in [6.45, 7) is 3.09. The molecule has 0 saturated carbocycles. The Labute approximate surface area is 110 Å². The van der Waals surface area contributed by atoms with Gasteiger partial charge in [0.05, 0.1) is 5.92 Å². The van der Waals surface area contributed by atoms with Crippen molar-refractivity contribution in [2.75, 3.05) is 13.6 Å². The molecule has 1 aromatic rings. The van der Waals surface area contributed by atoms with Crippen LogP contribution in [0.1, 0.15) is 12.5 Å². The molecule has 0 aromatic heterocycles. The predicted octanol–water partition coefficient (Wildman–Crippen LogP) is 2.44. The van der Waals surface area contributed by atoms with Crippen molar-refractivity contribution in [1.82, 2.24) is 4.90 Å². The Bertz CT molecular complexity index is 368. The van der Waals surface area contributed by atoms with Gasteiger partial charge in [0.2, 0.25) is 0 Å². The number of rotatable bonds is 5. The van der Waals surface area contributed by atoms with E-state index in [0.29, 0.717) is 6.54 Å². The first-order valence-electron chi connectivity index (χ1n) is 5.15. The number of aliphatic carboxylic acids is 1. The standard InChI is InChI=1S/C12H16INO2/c1-9(12(15)16)7-14(2)8-10-4-3-5-11(13)6-10/h3-6,9H,7-8H2,1-2H3,(H,15,16). The van der Waals surface area contributed by atoms with Crippen molar-refractivity contribution in [2.24, 2.45) is 5.92 Å². The summed E-state index contributed by atoms with van der Waals surface area (Å²) in [6.07, 6.45) is 0. The van der Waals surface area contributed by atoms with Gasteiger partial charge in [-0.3, -0.25) is 4.79 Å². The van der Waals surface area contributed by atoms with E-state index in [0.717, 1.165) is 6.54 Å². The van der Waals surface area contributed by atoms with Gasteiger partial charge in [-0.1, -0.05) is 19.1 Å². The number of carbonyl (C=O) groups is 1. The maximum absolute atomic E-state index is 10.7. The fourth-order valence-electron chi connectivity index (χ4n) is 1.56. The summed E-state index contributed by atoms with van der Waals surface area (Å²) in [7, 11) is 1.94. The zero-order chi connectivity index (χ0) is 12.1. The van der Waals surface area contributed by atoms with E-state index in [9.17, 15) is 4.79 Å². The summed E-state index contributed by atoms with van der Waals surface area (Å²) in [5.74, 6) is -1.07. The van der Waals surface area contributed by atoms with Crippen LogP contribution in [0, 0.1) is 9.49 Å². The molecular weight excluding hydrogens is 317 g/mol. The third-order valence-corrected chi connectivity index (χ3v) is 3.02. The van der Waals surface area contributed by atoms with Crippen molar-refractivity contribution in [1.29, 1.82) is 0 Å². The molecule has 0 aliphatic rings. The minimum atomic E-state index is -0.741. The van der Waals surface area contributed by atoms with Crippen molar-refractivity contribution >= 4 is 28.6 Å². The van der Waals surface area contributed by atoms with Crippen LogP contribution in [0.2, 0.25) is 0 Å². The van der Waals surface area contributed by atoms with E-state index in [1.54, 1.807) is 6.92 Å². The number of halogens is 1. The average molecular weight is 333 g/mol. The number of nitrogens with zero attached hydrogens (tertiary/aromatic N) is 1. The molecule has 4 heteroatoms. The minimum Gasteiger partial charge on any atom is -0.481 e. The van der Waals surface area contributed by atoms with Crippen molar-refractivity contribution in [3.63, 3.8) is 0 Å². The van der Waals surface area contributed by atoms with Gasteiger partial charge in [-0.15, -0.1) is 0 Å². The molecule has 0 fully saturated rings. The highest BCUT2D eigenvalue weighted by molar-refractivity contribution is 14.1. The highest BCUT2D eigenvalue weighted by Gasteiger charge is 2.13. The van der Waals surface area contributed by atoms with Gasteiger partial charge in [0, 0.05) is 16.7 Å². The molecule has 88 valence electrons. The number of hydrogen-bond donors (Lipinski definition) is 1. The van der Waals surface area contributed by atoms with E-state index < -0.39 is 5.97 Å². The van der Waals surface area contributed by atoms with Crippen molar-refractivity contribution < 1.29 is 9.90 Å². The smallest absolute Gasteiger partial charge is 0.307 e. The van der Waals surface area contributed by atoms with Crippen molar-refractivity contribution in [2.45, 2.75) is 13.5 Å². The van der Waals surface area contributed by atoms with E-state index >= 15 is 0 Å². The van der Waals surface area contributed by atoms with Crippen LogP contribution in [-0.4, -0.2) is 29.6 Å². The Morgan fingerprint density at radius 3 is 2.81 bits per heavy atom. The van der Waals surface area contributed by atoms with Crippen molar-refractivity contribution in [3.05, 3.63) is 33.4 Å². The highest BCUT2D eigenvalue weighted by atomic mass is 127. The van der Waals surface area contributed by atoms with E-state index in [2.05, 4.69) is 34.7 Å². The Balaban J connectivity index is 2.51. The first kappa shape index (κ1) is 13.4. The Morgan fingerprint density at radius 2 is 2.25 bits per heavy atom. The molecule has 1 unspecified atom stereocenters. The van der Waals surface area contributed by atoms with Gasteiger partial charge < -0.3 is 10.0 Å². The second-order valence-electron chi connectivity index (χ2n) is 4.07. The summed E-state index contributed by atoms with van der Waals surface area (Å²) in [6, 6.07) is 8.24. The molecule has 0 saturated heterocycles. The van der Waals surface area contributed by atoms with Crippen LogP contribution in [0.15, 0.2) is 24.3 Å². The molecule has 3 nitrogen and oxygen atoms in total. The number of benzene rings is 1. The summed E-state index contributed by atoms with van der Waals surface area (Å²) >= 11 is 2.28. The quantitative estimate of drug-likeness (QED) is 0.842. The van der Waals surface area contributed by atoms with Gasteiger partial charge >= 0.3 is 5.97 Å².